The molecule has 0 amide bonds. The number of halogens is 3. The van der Waals surface area contributed by atoms with Gasteiger partial charge in [0.15, 0.2) is 0 Å². The van der Waals surface area contributed by atoms with E-state index in [2.05, 4.69) is 30.5 Å². The van der Waals surface area contributed by atoms with Crippen LogP contribution in [0.3, 0.4) is 0 Å². The van der Waals surface area contributed by atoms with Crippen LogP contribution < -0.4 is 15.5 Å². The Kier molecular flexibility index (Phi) is 5.30. The number of aromatic nitrogens is 3. The second kappa shape index (κ2) is 8.04. The van der Waals surface area contributed by atoms with Gasteiger partial charge in [0.25, 0.3) is 0 Å². The Bertz CT molecular complexity index is 986. The summed E-state index contributed by atoms with van der Waals surface area (Å²) in [7, 11) is 0. The average Bonchev–Trinajstić information content (AvgIpc) is 2.74. The van der Waals surface area contributed by atoms with E-state index in [1.165, 1.54) is 0 Å². The Morgan fingerprint density at radius 2 is 1.72 bits per heavy atom. The number of rotatable bonds is 4. The molecule has 1 fully saturated rings. The predicted molar refractivity (Wildman–Crippen MR) is 105 cm³/mol. The Balaban J connectivity index is 1.56. The van der Waals surface area contributed by atoms with Crippen molar-refractivity contribution in [2.45, 2.75) is 6.18 Å². The van der Waals surface area contributed by atoms with Crippen molar-refractivity contribution in [2.24, 2.45) is 0 Å². The first-order valence-corrected chi connectivity index (χ1v) is 9.18. The van der Waals surface area contributed by atoms with E-state index in [-0.39, 0.29) is 5.82 Å². The van der Waals surface area contributed by atoms with Crippen LogP contribution in [0, 0.1) is 0 Å². The number of alkyl halides is 3. The number of hydrogen-bond acceptors (Lipinski definition) is 6. The van der Waals surface area contributed by atoms with Crippen LogP contribution in [0.15, 0.2) is 54.9 Å². The first-order valence-electron chi connectivity index (χ1n) is 9.18. The first kappa shape index (κ1) is 19.1. The Labute approximate surface area is 165 Å². The van der Waals surface area contributed by atoms with Crippen molar-refractivity contribution in [1.82, 2.24) is 20.3 Å². The summed E-state index contributed by atoms with van der Waals surface area (Å²) in [5, 5.41) is 6.16. The van der Waals surface area contributed by atoms with E-state index in [1.54, 1.807) is 18.3 Å². The fraction of sp³-hybridized carbons (Fsp3) is 0.250. The quantitative estimate of drug-likeness (QED) is 0.696. The lowest BCUT2D eigenvalue weighted by molar-refractivity contribution is -0.137. The highest BCUT2D eigenvalue weighted by Crippen LogP contribution is 2.30. The lowest BCUT2D eigenvalue weighted by Crippen LogP contribution is -2.43. The van der Waals surface area contributed by atoms with E-state index in [9.17, 15) is 13.2 Å². The van der Waals surface area contributed by atoms with Crippen LogP contribution in [-0.2, 0) is 6.18 Å². The summed E-state index contributed by atoms with van der Waals surface area (Å²) in [5.74, 6) is 1.37. The number of piperazine rings is 1. The van der Waals surface area contributed by atoms with Crippen molar-refractivity contribution in [2.75, 3.05) is 36.4 Å². The van der Waals surface area contributed by atoms with Gasteiger partial charge in [-0.3, -0.25) is 0 Å². The topological polar surface area (TPSA) is 66.0 Å². The van der Waals surface area contributed by atoms with Crippen LogP contribution in [0.4, 0.5) is 30.6 Å². The lowest BCUT2D eigenvalue weighted by Gasteiger charge is -2.28. The maximum absolute atomic E-state index is 12.9. The zero-order chi connectivity index (χ0) is 20.3. The van der Waals surface area contributed by atoms with Gasteiger partial charge < -0.3 is 15.5 Å². The lowest BCUT2D eigenvalue weighted by atomic mass is 10.1. The Hall–Kier alpha value is -3.20. The molecule has 0 spiro atoms. The van der Waals surface area contributed by atoms with Gasteiger partial charge in [0, 0.05) is 44.1 Å². The SMILES string of the molecule is FC(F)(F)c1ccnc(Nc2cccc(-c3ccnc(N4CCNCC4)c3)n2)c1. The number of hydrogen-bond donors (Lipinski definition) is 2. The van der Waals surface area contributed by atoms with Crippen molar-refractivity contribution >= 4 is 17.5 Å². The summed E-state index contributed by atoms with van der Waals surface area (Å²) >= 11 is 0. The highest BCUT2D eigenvalue weighted by molar-refractivity contribution is 5.66. The molecule has 3 aromatic heterocycles. The molecule has 0 saturated carbocycles. The van der Waals surface area contributed by atoms with E-state index in [4.69, 9.17) is 0 Å². The summed E-state index contributed by atoms with van der Waals surface area (Å²) in [4.78, 5) is 15.1. The summed E-state index contributed by atoms with van der Waals surface area (Å²) in [6.45, 7) is 3.58. The van der Waals surface area contributed by atoms with Crippen molar-refractivity contribution in [3.05, 3.63) is 60.4 Å². The van der Waals surface area contributed by atoms with Gasteiger partial charge in [-0.25, -0.2) is 15.0 Å². The Morgan fingerprint density at radius 1 is 0.931 bits per heavy atom. The predicted octanol–water partition coefficient (Wildman–Crippen LogP) is 3.71. The average molecular weight is 400 g/mol. The fourth-order valence-electron chi connectivity index (χ4n) is 3.12. The molecule has 150 valence electrons. The molecule has 0 atom stereocenters. The first-order chi connectivity index (χ1) is 14.0. The van der Waals surface area contributed by atoms with E-state index in [0.29, 0.717) is 11.5 Å². The van der Waals surface area contributed by atoms with Crippen molar-refractivity contribution in [3.63, 3.8) is 0 Å². The van der Waals surface area contributed by atoms with Crippen LogP contribution in [0.25, 0.3) is 11.3 Å². The van der Waals surface area contributed by atoms with E-state index < -0.39 is 11.7 Å². The molecule has 4 heterocycles. The molecular weight excluding hydrogens is 381 g/mol. The largest absolute Gasteiger partial charge is 0.416 e. The molecule has 3 aromatic rings. The van der Waals surface area contributed by atoms with Gasteiger partial charge in [-0.1, -0.05) is 6.07 Å². The second-order valence-electron chi connectivity index (χ2n) is 6.60. The summed E-state index contributed by atoms with van der Waals surface area (Å²) in [6, 6.07) is 11.1. The van der Waals surface area contributed by atoms with Gasteiger partial charge in [0.1, 0.15) is 17.5 Å². The third-order valence-corrected chi connectivity index (χ3v) is 4.57. The smallest absolute Gasteiger partial charge is 0.354 e. The molecule has 0 unspecified atom stereocenters. The molecule has 4 rings (SSSR count). The van der Waals surface area contributed by atoms with Crippen molar-refractivity contribution in [1.29, 1.82) is 0 Å². The number of anilines is 3. The van der Waals surface area contributed by atoms with Crippen LogP contribution in [0.1, 0.15) is 5.56 Å². The highest BCUT2D eigenvalue weighted by atomic mass is 19.4. The third kappa shape index (κ3) is 4.62. The van der Waals surface area contributed by atoms with Crippen LogP contribution in [-0.4, -0.2) is 41.1 Å². The maximum Gasteiger partial charge on any atom is 0.416 e. The molecule has 0 bridgehead atoms. The Morgan fingerprint density at radius 3 is 2.52 bits per heavy atom. The molecule has 6 nitrogen and oxygen atoms in total. The minimum absolute atomic E-state index is 0.0840. The zero-order valence-electron chi connectivity index (χ0n) is 15.4. The van der Waals surface area contributed by atoms with Crippen LogP contribution in [0.5, 0.6) is 0 Å². The number of nitrogens with zero attached hydrogens (tertiary/aromatic N) is 4. The second-order valence-corrected chi connectivity index (χ2v) is 6.60. The van der Waals surface area contributed by atoms with Gasteiger partial charge in [-0.15, -0.1) is 0 Å². The van der Waals surface area contributed by atoms with E-state index in [0.717, 1.165) is 55.9 Å². The molecule has 0 aliphatic carbocycles. The van der Waals surface area contributed by atoms with Gasteiger partial charge in [-0.05, 0) is 36.4 Å². The van der Waals surface area contributed by atoms with Gasteiger partial charge in [-0.2, -0.15) is 13.2 Å². The van der Waals surface area contributed by atoms with Crippen molar-refractivity contribution < 1.29 is 13.2 Å². The summed E-state index contributed by atoms with van der Waals surface area (Å²) in [5.41, 5.74) is 0.816. The molecule has 1 aliphatic heterocycles. The molecule has 29 heavy (non-hydrogen) atoms. The minimum Gasteiger partial charge on any atom is -0.354 e. The summed E-state index contributed by atoms with van der Waals surface area (Å²) < 4.78 is 38.7. The fourth-order valence-corrected chi connectivity index (χ4v) is 3.12. The molecule has 2 N–H and O–H groups in total. The van der Waals surface area contributed by atoms with Crippen molar-refractivity contribution in [3.8, 4) is 11.3 Å². The van der Waals surface area contributed by atoms with Gasteiger partial charge in [0.05, 0.1) is 11.3 Å². The zero-order valence-corrected chi connectivity index (χ0v) is 15.4. The number of nitrogens with one attached hydrogen (secondary N) is 2. The molecule has 1 aliphatic rings. The van der Waals surface area contributed by atoms with Crippen LogP contribution >= 0.6 is 0 Å². The van der Waals surface area contributed by atoms with E-state index in [1.807, 2.05) is 18.2 Å². The maximum atomic E-state index is 12.9. The third-order valence-electron chi connectivity index (χ3n) is 4.57. The molecule has 9 heteroatoms. The molecule has 0 radical (unpaired) electrons. The highest BCUT2D eigenvalue weighted by Gasteiger charge is 2.30. The van der Waals surface area contributed by atoms with Crippen LogP contribution in [0.2, 0.25) is 0 Å². The van der Waals surface area contributed by atoms with Gasteiger partial charge >= 0.3 is 6.18 Å². The van der Waals surface area contributed by atoms with E-state index >= 15 is 0 Å². The normalized spacial score (nSPS) is 14.7. The summed E-state index contributed by atoms with van der Waals surface area (Å²) in [6.07, 6.45) is -1.56. The molecule has 1 saturated heterocycles. The van der Waals surface area contributed by atoms with Gasteiger partial charge in [0.2, 0.25) is 0 Å². The monoisotopic (exact) mass is 400 g/mol. The molecular formula is C20H19F3N6. The number of pyridine rings is 3. The minimum atomic E-state index is -4.42. The molecule has 0 aromatic carbocycles. The standard InChI is InChI=1S/C20H19F3N6/c21-20(22,23)15-5-7-25-18(13-15)28-17-3-1-2-16(27-17)14-4-6-26-19(12-14)29-10-8-24-9-11-29/h1-7,12-13,24H,8-11H2,(H,25,27,28).